The lowest BCUT2D eigenvalue weighted by Gasteiger charge is -2.36. The highest BCUT2D eigenvalue weighted by molar-refractivity contribution is 8.01. The van der Waals surface area contributed by atoms with E-state index in [1.165, 1.54) is 11.4 Å². The maximum Gasteiger partial charge on any atom is 0.265 e. The Morgan fingerprint density at radius 1 is 1.16 bits per heavy atom. The molecule has 1 aliphatic heterocycles. The number of pyridine rings is 1. The van der Waals surface area contributed by atoms with Crippen LogP contribution in [0.15, 0.2) is 48.7 Å². The van der Waals surface area contributed by atoms with Gasteiger partial charge in [0.05, 0.1) is 17.6 Å². The van der Waals surface area contributed by atoms with Gasteiger partial charge in [0.15, 0.2) is 0 Å². The standard InChI is InChI=1S/C29H41FN4O3S/c1-6-9-24(20-23(4)30)21-33-16-18-34(19-17-33)29(35)25-11-13-26(14-12-25)32(5)38(36,37)27(7-2)28-22(3)10-8-15-31-28/h7-8,10-15,23-24H,6,9,16-21H2,1-5H3/b27-7+. The molecule has 38 heavy (non-hydrogen) atoms. The van der Waals surface area contributed by atoms with Crippen LogP contribution in [0.3, 0.4) is 0 Å². The highest BCUT2D eigenvalue weighted by Crippen LogP contribution is 2.28. The van der Waals surface area contributed by atoms with Crippen molar-refractivity contribution < 1.29 is 17.6 Å². The van der Waals surface area contributed by atoms with Crippen LogP contribution in [-0.4, -0.2) is 75.1 Å². The van der Waals surface area contributed by atoms with Gasteiger partial charge in [-0.25, -0.2) is 12.8 Å². The number of hydrogen-bond donors (Lipinski definition) is 0. The van der Waals surface area contributed by atoms with Gasteiger partial charge in [-0.1, -0.05) is 25.5 Å². The lowest BCUT2D eigenvalue weighted by Crippen LogP contribution is -2.49. The van der Waals surface area contributed by atoms with Crippen LogP contribution >= 0.6 is 0 Å². The second kappa shape index (κ2) is 13.3. The van der Waals surface area contributed by atoms with E-state index in [2.05, 4.69) is 16.8 Å². The first-order chi connectivity index (χ1) is 18.1. The quantitative estimate of drug-likeness (QED) is 0.392. The molecule has 0 spiro atoms. The summed E-state index contributed by atoms with van der Waals surface area (Å²) >= 11 is 0. The summed E-state index contributed by atoms with van der Waals surface area (Å²) in [5.41, 5.74) is 2.18. The third kappa shape index (κ3) is 7.20. The number of aromatic nitrogens is 1. The third-order valence-electron chi connectivity index (χ3n) is 7.15. The highest BCUT2D eigenvalue weighted by Gasteiger charge is 2.28. The van der Waals surface area contributed by atoms with Crippen LogP contribution in [-0.2, 0) is 10.0 Å². The number of carbonyl (C=O) groups excluding carboxylic acids is 1. The Labute approximate surface area is 227 Å². The molecule has 1 aromatic carbocycles. The number of allylic oxidation sites excluding steroid dienone is 1. The van der Waals surface area contributed by atoms with Crippen molar-refractivity contribution >= 4 is 26.5 Å². The van der Waals surface area contributed by atoms with Gasteiger partial charge in [-0.15, -0.1) is 0 Å². The molecule has 1 amide bonds. The maximum absolute atomic E-state index is 13.6. The Balaban J connectivity index is 1.64. The van der Waals surface area contributed by atoms with Gasteiger partial charge >= 0.3 is 0 Å². The normalized spacial score (nSPS) is 16.8. The molecule has 1 aliphatic rings. The SMILES string of the molecule is C/C=C(\c1ncccc1C)S(=O)(=O)N(C)c1ccc(C(=O)N2CCN(CC(CCC)CC(C)F)CC2)cc1. The van der Waals surface area contributed by atoms with Crippen LogP contribution in [0.5, 0.6) is 0 Å². The number of nitrogens with zero attached hydrogens (tertiary/aromatic N) is 4. The number of alkyl halides is 1. The number of hydrogen-bond acceptors (Lipinski definition) is 5. The summed E-state index contributed by atoms with van der Waals surface area (Å²) in [5.74, 6) is 0.273. The molecule has 1 fully saturated rings. The minimum absolute atomic E-state index is 0.0672. The third-order valence-corrected chi connectivity index (χ3v) is 9.07. The lowest BCUT2D eigenvalue weighted by atomic mass is 9.96. The molecule has 0 aliphatic carbocycles. The van der Waals surface area contributed by atoms with Gasteiger partial charge in [0.25, 0.3) is 15.9 Å². The van der Waals surface area contributed by atoms with E-state index in [9.17, 15) is 17.6 Å². The van der Waals surface area contributed by atoms with E-state index in [1.807, 2.05) is 17.9 Å². The van der Waals surface area contributed by atoms with Crippen molar-refractivity contribution in [3.63, 3.8) is 0 Å². The fraction of sp³-hybridized carbons (Fsp3) is 0.517. The number of rotatable bonds is 11. The second-order valence-corrected chi connectivity index (χ2v) is 12.0. The fourth-order valence-corrected chi connectivity index (χ4v) is 6.53. The second-order valence-electron chi connectivity index (χ2n) is 10.1. The fourth-order valence-electron chi connectivity index (χ4n) is 5.08. The summed E-state index contributed by atoms with van der Waals surface area (Å²) in [6, 6.07) is 10.3. The maximum atomic E-state index is 13.6. The highest BCUT2D eigenvalue weighted by atomic mass is 32.2. The number of sulfonamides is 1. The van der Waals surface area contributed by atoms with Gasteiger partial charge in [0, 0.05) is 51.5 Å². The van der Waals surface area contributed by atoms with Gasteiger partial charge in [-0.3, -0.25) is 19.0 Å². The summed E-state index contributed by atoms with van der Waals surface area (Å²) in [6.45, 7) is 10.9. The molecular weight excluding hydrogens is 503 g/mol. The van der Waals surface area contributed by atoms with Crippen molar-refractivity contribution in [2.75, 3.05) is 44.1 Å². The number of anilines is 1. The van der Waals surface area contributed by atoms with Crippen molar-refractivity contribution in [1.29, 1.82) is 0 Å². The Morgan fingerprint density at radius 2 is 1.82 bits per heavy atom. The van der Waals surface area contributed by atoms with E-state index in [1.54, 1.807) is 56.5 Å². The zero-order chi connectivity index (χ0) is 27.9. The monoisotopic (exact) mass is 544 g/mol. The molecular formula is C29H41FN4O3S. The predicted octanol–water partition coefficient (Wildman–Crippen LogP) is 5.14. The van der Waals surface area contributed by atoms with E-state index >= 15 is 0 Å². The van der Waals surface area contributed by atoms with Crippen molar-refractivity contribution in [1.82, 2.24) is 14.8 Å². The van der Waals surface area contributed by atoms with E-state index in [4.69, 9.17) is 0 Å². The average molecular weight is 545 g/mol. The molecule has 0 bridgehead atoms. The summed E-state index contributed by atoms with van der Waals surface area (Å²) in [5, 5.41) is 0. The predicted molar refractivity (Wildman–Crippen MR) is 152 cm³/mol. The molecule has 0 saturated carbocycles. The molecule has 2 aromatic rings. The molecule has 2 heterocycles. The molecule has 2 atom stereocenters. The molecule has 9 heteroatoms. The van der Waals surface area contributed by atoms with Gasteiger partial charge in [-0.2, -0.15) is 0 Å². The Morgan fingerprint density at radius 3 is 2.37 bits per heavy atom. The summed E-state index contributed by atoms with van der Waals surface area (Å²) in [7, 11) is -2.35. The van der Waals surface area contributed by atoms with Gasteiger partial charge in [-0.05, 0) is 75.4 Å². The smallest absolute Gasteiger partial charge is 0.265 e. The van der Waals surface area contributed by atoms with Crippen LogP contribution in [0.1, 0.15) is 61.6 Å². The van der Waals surface area contributed by atoms with Gasteiger partial charge in [0.1, 0.15) is 4.91 Å². The number of halogens is 1. The molecule has 1 aromatic heterocycles. The van der Waals surface area contributed by atoms with Crippen molar-refractivity contribution in [2.24, 2.45) is 5.92 Å². The zero-order valence-corrected chi connectivity index (χ0v) is 24.0. The average Bonchev–Trinajstić information content (AvgIpc) is 2.89. The largest absolute Gasteiger partial charge is 0.336 e. The number of benzene rings is 1. The molecule has 1 saturated heterocycles. The molecule has 0 N–H and O–H groups in total. The number of amides is 1. The molecule has 0 radical (unpaired) electrons. The first kappa shape index (κ1) is 29.8. The molecule has 2 unspecified atom stereocenters. The Hall–Kier alpha value is -2.78. The molecule has 7 nitrogen and oxygen atoms in total. The van der Waals surface area contributed by atoms with Gasteiger partial charge < -0.3 is 4.90 Å². The first-order valence-corrected chi connectivity index (χ1v) is 14.8. The minimum Gasteiger partial charge on any atom is -0.336 e. The van der Waals surface area contributed by atoms with E-state index in [0.29, 0.717) is 42.4 Å². The van der Waals surface area contributed by atoms with E-state index in [0.717, 1.165) is 38.0 Å². The van der Waals surface area contributed by atoms with Crippen molar-refractivity contribution in [3.05, 3.63) is 65.5 Å². The first-order valence-electron chi connectivity index (χ1n) is 13.4. The number of piperazine rings is 1. The van der Waals surface area contributed by atoms with Crippen molar-refractivity contribution in [3.8, 4) is 0 Å². The van der Waals surface area contributed by atoms with E-state index < -0.39 is 16.2 Å². The lowest BCUT2D eigenvalue weighted by molar-refractivity contribution is 0.0605. The van der Waals surface area contributed by atoms with Crippen LogP contribution in [0, 0.1) is 12.8 Å². The van der Waals surface area contributed by atoms with Crippen molar-refractivity contribution in [2.45, 2.75) is 53.1 Å². The summed E-state index contributed by atoms with van der Waals surface area (Å²) in [6.07, 6.45) is 4.98. The molecule has 208 valence electrons. The Bertz CT molecular complexity index is 1210. The summed E-state index contributed by atoms with van der Waals surface area (Å²) in [4.78, 5) is 21.7. The van der Waals surface area contributed by atoms with Crippen LogP contribution < -0.4 is 4.31 Å². The van der Waals surface area contributed by atoms with Crippen LogP contribution in [0.25, 0.3) is 4.91 Å². The molecule has 3 rings (SSSR count). The van der Waals surface area contributed by atoms with Crippen LogP contribution in [0.4, 0.5) is 10.1 Å². The van der Waals surface area contributed by atoms with E-state index in [-0.39, 0.29) is 10.8 Å². The Kier molecular flexibility index (Phi) is 10.4. The summed E-state index contributed by atoms with van der Waals surface area (Å²) < 4.78 is 41.6. The number of aryl methyl sites for hydroxylation is 1. The number of carbonyl (C=O) groups is 1. The minimum atomic E-state index is -3.85. The zero-order valence-electron chi connectivity index (χ0n) is 23.2. The van der Waals surface area contributed by atoms with Gasteiger partial charge in [0.2, 0.25) is 0 Å². The topological polar surface area (TPSA) is 73.8 Å². The van der Waals surface area contributed by atoms with Crippen LogP contribution in [0.2, 0.25) is 0 Å².